The number of nitrogens with zero attached hydrogens (tertiary/aromatic N) is 1. The summed E-state index contributed by atoms with van der Waals surface area (Å²) in [6, 6.07) is 7.58. The van der Waals surface area contributed by atoms with Crippen LogP contribution in [0.2, 0.25) is 0 Å². The van der Waals surface area contributed by atoms with Gasteiger partial charge < -0.3 is 15.3 Å². The van der Waals surface area contributed by atoms with Gasteiger partial charge in [0.15, 0.2) is 0 Å². The number of hydrogen-bond acceptors (Lipinski definition) is 4. The molecular weight excluding hydrogens is 272 g/mol. The van der Waals surface area contributed by atoms with Crippen LogP contribution >= 0.6 is 11.8 Å². The quantitative estimate of drug-likeness (QED) is 0.802. The van der Waals surface area contributed by atoms with E-state index in [1.807, 2.05) is 43.5 Å². The fraction of sp³-hybridized carbons (Fsp3) is 0.533. The molecule has 0 aliphatic rings. The van der Waals surface area contributed by atoms with Gasteiger partial charge in [0.05, 0.1) is 5.60 Å². The van der Waals surface area contributed by atoms with Crippen molar-refractivity contribution in [3.63, 3.8) is 0 Å². The van der Waals surface area contributed by atoms with E-state index in [2.05, 4.69) is 5.32 Å². The van der Waals surface area contributed by atoms with Crippen molar-refractivity contribution in [1.29, 1.82) is 0 Å². The molecular formula is C15H24N2O2S. The maximum absolute atomic E-state index is 12.1. The first kappa shape index (κ1) is 17.0. The highest BCUT2D eigenvalue weighted by Gasteiger charge is 2.22. The van der Waals surface area contributed by atoms with Crippen LogP contribution in [0.3, 0.4) is 0 Å². The summed E-state index contributed by atoms with van der Waals surface area (Å²) in [4.78, 5) is 14.0. The third kappa shape index (κ3) is 5.94. The summed E-state index contributed by atoms with van der Waals surface area (Å²) in [5.74, 6) is 0.742. The monoisotopic (exact) mass is 296 g/mol. The molecule has 0 fully saturated rings. The first-order valence-corrected chi connectivity index (χ1v) is 7.96. The molecule has 1 atom stereocenters. The van der Waals surface area contributed by atoms with Gasteiger partial charge >= 0.3 is 0 Å². The predicted molar refractivity (Wildman–Crippen MR) is 85.2 cm³/mol. The molecule has 1 aromatic carbocycles. The third-order valence-corrected chi connectivity index (χ3v) is 3.41. The number of carbonyl (C=O) groups excluding carboxylic acids is 1. The van der Waals surface area contributed by atoms with Crippen molar-refractivity contribution in [1.82, 2.24) is 10.2 Å². The Kier molecular flexibility index (Phi) is 6.52. The number of amides is 1. The Labute approximate surface area is 125 Å². The van der Waals surface area contributed by atoms with Crippen LogP contribution in [0.25, 0.3) is 0 Å². The van der Waals surface area contributed by atoms with E-state index >= 15 is 0 Å². The van der Waals surface area contributed by atoms with E-state index in [4.69, 9.17) is 0 Å². The Morgan fingerprint density at radius 2 is 2.15 bits per heavy atom. The van der Waals surface area contributed by atoms with Crippen LogP contribution < -0.4 is 5.32 Å². The van der Waals surface area contributed by atoms with Crippen molar-refractivity contribution in [3.8, 4) is 0 Å². The second-order valence-corrected chi connectivity index (χ2v) is 6.42. The van der Waals surface area contributed by atoms with Crippen LogP contribution in [0, 0.1) is 0 Å². The number of rotatable bonds is 7. The molecule has 0 saturated carbocycles. The van der Waals surface area contributed by atoms with Crippen LogP contribution in [0.4, 0.5) is 0 Å². The molecule has 0 spiro atoms. The second-order valence-electron chi connectivity index (χ2n) is 5.55. The maximum Gasteiger partial charge on any atom is 0.251 e. The highest BCUT2D eigenvalue weighted by atomic mass is 32.2. The van der Waals surface area contributed by atoms with Gasteiger partial charge in [-0.05, 0) is 45.0 Å². The summed E-state index contributed by atoms with van der Waals surface area (Å²) >= 11 is 1.72. The molecule has 0 saturated heterocycles. The lowest BCUT2D eigenvalue weighted by molar-refractivity contribution is 0.0326. The number of likely N-dealkylation sites (N-methyl/N-ethyl adjacent to an activating group) is 1. The minimum absolute atomic E-state index is 0.146. The molecule has 2 N–H and O–H groups in total. The number of carbonyl (C=O) groups is 1. The molecule has 0 radical (unpaired) electrons. The molecule has 0 heterocycles. The standard InChI is InChI=1S/C15H24N2O2S/c1-15(19,11-17(2)3)10-16-14(18)13-7-5-6-12(8-13)9-20-4/h5-8,19H,9-11H2,1-4H3,(H,16,18). The third-order valence-electron chi connectivity index (χ3n) is 2.79. The van der Waals surface area contributed by atoms with Crippen molar-refractivity contribution in [2.24, 2.45) is 0 Å². The normalized spacial score (nSPS) is 14.1. The summed E-state index contributed by atoms with van der Waals surface area (Å²) in [5, 5.41) is 13.0. The first-order valence-electron chi connectivity index (χ1n) is 6.57. The molecule has 5 heteroatoms. The summed E-state index contributed by atoms with van der Waals surface area (Å²) in [6.45, 7) is 2.45. The highest BCUT2D eigenvalue weighted by Crippen LogP contribution is 2.11. The topological polar surface area (TPSA) is 52.6 Å². The zero-order valence-corrected chi connectivity index (χ0v) is 13.5. The lowest BCUT2D eigenvalue weighted by atomic mass is 10.1. The van der Waals surface area contributed by atoms with Crippen molar-refractivity contribution in [2.75, 3.05) is 33.4 Å². The van der Waals surface area contributed by atoms with Crippen LogP contribution in [0.5, 0.6) is 0 Å². The maximum atomic E-state index is 12.1. The molecule has 4 nitrogen and oxygen atoms in total. The van der Waals surface area contributed by atoms with Gasteiger partial charge in [0.1, 0.15) is 0 Å². The van der Waals surface area contributed by atoms with Gasteiger partial charge in [0, 0.05) is 24.4 Å². The smallest absolute Gasteiger partial charge is 0.251 e. The second kappa shape index (κ2) is 7.67. The average Bonchev–Trinajstić information content (AvgIpc) is 2.35. The highest BCUT2D eigenvalue weighted by molar-refractivity contribution is 7.97. The van der Waals surface area contributed by atoms with Crippen LogP contribution in [0.1, 0.15) is 22.8 Å². The number of aliphatic hydroxyl groups is 1. The number of nitrogens with one attached hydrogen (secondary N) is 1. The zero-order valence-electron chi connectivity index (χ0n) is 12.6. The Balaban J connectivity index is 2.60. The SMILES string of the molecule is CSCc1cccc(C(=O)NCC(C)(O)CN(C)C)c1. The Hall–Kier alpha value is -1.04. The summed E-state index contributed by atoms with van der Waals surface area (Å²) in [5.41, 5.74) is 0.832. The Morgan fingerprint density at radius 3 is 2.75 bits per heavy atom. The molecule has 1 amide bonds. The molecule has 0 aliphatic heterocycles. The minimum atomic E-state index is -0.934. The fourth-order valence-electron chi connectivity index (χ4n) is 2.08. The zero-order chi connectivity index (χ0) is 15.2. The van der Waals surface area contributed by atoms with E-state index in [9.17, 15) is 9.90 Å². The number of benzene rings is 1. The molecule has 20 heavy (non-hydrogen) atoms. The molecule has 0 aromatic heterocycles. The van der Waals surface area contributed by atoms with Crippen LogP contribution in [-0.2, 0) is 5.75 Å². The van der Waals surface area contributed by atoms with Gasteiger partial charge in [0.2, 0.25) is 0 Å². The summed E-state index contributed by atoms with van der Waals surface area (Å²) < 4.78 is 0. The van der Waals surface area contributed by atoms with Gasteiger partial charge in [0.25, 0.3) is 5.91 Å². The lowest BCUT2D eigenvalue weighted by Gasteiger charge is -2.27. The van der Waals surface area contributed by atoms with E-state index in [1.54, 1.807) is 24.8 Å². The average molecular weight is 296 g/mol. The van der Waals surface area contributed by atoms with Crippen molar-refractivity contribution in [2.45, 2.75) is 18.3 Å². The van der Waals surface area contributed by atoms with Crippen molar-refractivity contribution >= 4 is 17.7 Å². The van der Waals surface area contributed by atoms with Crippen molar-refractivity contribution < 1.29 is 9.90 Å². The molecule has 1 aromatic rings. The van der Waals surface area contributed by atoms with Gasteiger partial charge in [-0.2, -0.15) is 11.8 Å². The summed E-state index contributed by atoms with van der Waals surface area (Å²) in [6.07, 6.45) is 2.03. The molecule has 112 valence electrons. The number of thioether (sulfide) groups is 1. The number of hydrogen-bond donors (Lipinski definition) is 2. The summed E-state index contributed by atoms with van der Waals surface area (Å²) in [7, 11) is 3.78. The molecule has 0 aliphatic carbocycles. The Bertz CT molecular complexity index is 447. The van der Waals surface area contributed by atoms with Crippen LogP contribution in [-0.4, -0.2) is 55.0 Å². The van der Waals surface area contributed by atoms with Gasteiger partial charge in [-0.25, -0.2) is 0 Å². The van der Waals surface area contributed by atoms with Gasteiger partial charge in [-0.15, -0.1) is 0 Å². The van der Waals surface area contributed by atoms with Gasteiger partial charge in [-0.3, -0.25) is 4.79 Å². The minimum Gasteiger partial charge on any atom is -0.387 e. The van der Waals surface area contributed by atoms with Crippen LogP contribution in [0.15, 0.2) is 24.3 Å². The fourth-order valence-corrected chi connectivity index (χ4v) is 2.59. The molecule has 0 bridgehead atoms. The lowest BCUT2D eigenvalue weighted by Crippen LogP contribution is -2.47. The predicted octanol–water partition coefficient (Wildman–Crippen LogP) is 1.59. The van der Waals surface area contributed by atoms with E-state index in [0.717, 1.165) is 11.3 Å². The van der Waals surface area contributed by atoms with Gasteiger partial charge in [-0.1, -0.05) is 12.1 Å². The van der Waals surface area contributed by atoms with E-state index in [-0.39, 0.29) is 12.5 Å². The van der Waals surface area contributed by atoms with E-state index < -0.39 is 5.60 Å². The van der Waals surface area contributed by atoms with E-state index in [0.29, 0.717) is 12.1 Å². The largest absolute Gasteiger partial charge is 0.387 e. The molecule has 1 rings (SSSR count). The molecule has 1 unspecified atom stereocenters. The Morgan fingerprint density at radius 1 is 1.45 bits per heavy atom. The van der Waals surface area contributed by atoms with Crippen molar-refractivity contribution in [3.05, 3.63) is 35.4 Å². The van der Waals surface area contributed by atoms with E-state index in [1.165, 1.54) is 0 Å². The first-order chi connectivity index (χ1) is 9.34.